The predicted octanol–water partition coefficient (Wildman–Crippen LogP) is -0.840. The third-order valence-electron chi connectivity index (χ3n) is 0.735. The van der Waals surface area contributed by atoms with E-state index < -0.39 is 0 Å². The molecular formula is C6H15NO4Si. The Morgan fingerprint density at radius 2 is 2.00 bits per heavy atom. The molecule has 12 heavy (non-hydrogen) atoms. The number of hydrogen-bond acceptors (Lipinski definition) is 5. The minimum absolute atomic E-state index is 0. The van der Waals surface area contributed by atoms with Crippen LogP contribution >= 0.6 is 0 Å². The summed E-state index contributed by atoms with van der Waals surface area (Å²) >= 11 is 0. The molecule has 0 aromatic heterocycles. The molecule has 0 bridgehead atoms. The van der Waals surface area contributed by atoms with Gasteiger partial charge in [0.05, 0.1) is 13.2 Å². The fraction of sp³-hybridized carbons (Fsp3) is 0.833. The lowest BCUT2D eigenvalue weighted by Gasteiger charge is -1.98. The van der Waals surface area contributed by atoms with Crippen molar-refractivity contribution in [3.63, 3.8) is 0 Å². The van der Waals surface area contributed by atoms with Gasteiger partial charge in [0.25, 0.3) is 0 Å². The molecule has 0 N–H and O–H groups in total. The Labute approximate surface area is 75.6 Å². The lowest BCUT2D eigenvalue weighted by molar-refractivity contribution is -0.511. The van der Waals surface area contributed by atoms with Crippen LogP contribution in [0.15, 0.2) is 4.99 Å². The summed E-state index contributed by atoms with van der Waals surface area (Å²) in [5.41, 5.74) is 0. The average molecular weight is 193 g/mol. The van der Waals surface area contributed by atoms with Crippen molar-refractivity contribution in [1.82, 2.24) is 0 Å². The Morgan fingerprint density at radius 1 is 1.33 bits per heavy atom. The summed E-state index contributed by atoms with van der Waals surface area (Å²) in [4.78, 5) is 21.7. The first-order valence-corrected chi connectivity index (χ1v) is 3.36. The van der Waals surface area contributed by atoms with Gasteiger partial charge in [0, 0.05) is 0 Å². The molecule has 6 heteroatoms. The highest BCUT2D eigenvalue weighted by Gasteiger charge is 1.87. The van der Waals surface area contributed by atoms with Gasteiger partial charge in [-0.2, -0.15) is 0 Å². The van der Waals surface area contributed by atoms with Crippen molar-refractivity contribution in [3.05, 3.63) is 0 Å². The van der Waals surface area contributed by atoms with Crippen molar-refractivity contribution < 1.29 is 19.6 Å². The number of hydrogen-bond donors (Lipinski definition) is 0. The van der Waals surface area contributed by atoms with Gasteiger partial charge in [-0.1, -0.05) is 12.0 Å². The molecule has 0 saturated heterocycles. The highest BCUT2D eigenvalue weighted by atomic mass is 28.1. The van der Waals surface area contributed by atoms with Crippen molar-refractivity contribution in [2.45, 2.75) is 13.3 Å². The quantitative estimate of drug-likeness (QED) is 0.132. The second-order valence-corrected chi connectivity index (χ2v) is 1.68. The molecule has 5 nitrogen and oxygen atoms in total. The molecule has 0 spiro atoms. The van der Waals surface area contributed by atoms with Crippen LogP contribution in [0.3, 0.4) is 0 Å². The van der Waals surface area contributed by atoms with Crippen molar-refractivity contribution >= 4 is 17.0 Å². The van der Waals surface area contributed by atoms with E-state index in [1.807, 2.05) is 6.92 Å². The summed E-state index contributed by atoms with van der Waals surface area (Å²) < 4.78 is 0. The second kappa shape index (κ2) is 13.1. The van der Waals surface area contributed by atoms with E-state index in [0.717, 1.165) is 6.42 Å². The molecular weight excluding hydrogens is 178 g/mol. The molecule has 0 aliphatic heterocycles. The highest BCUT2D eigenvalue weighted by Crippen LogP contribution is 1.84. The van der Waals surface area contributed by atoms with Crippen molar-refractivity contribution in [2.75, 3.05) is 19.8 Å². The third-order valence-corrected chi connectivity index (χ3v) is 0.735. The van der Waals surface area contributed by atoms with Gasteiger partial charge < -0.3 is 0 Å². The van der Waals surface area contributed by atoms with E-state index in [1.54, 1.807) is 0 Å². The van der Waals surface area contributed by atoms with Gasteiger partial charge in [-0.05, 0) is 17.4 Å². The standard InChI is InChI=1S/C6H11NO4.H4Si/c1-2-4-9-11-10-5-3-7-6-8;/h2-5H2,1H3;1H4. The molecule has 0 atom stereocenters. The molecule has 0 saturated carbocycles. The number of aliphatic imine (C=N–C) groups is 1. The normalized spacial score (nSPS) is 8.42. The first-order valence-electron chi connectivity index (χ1n) is 3.36. The van der Waals surface area contributed by atoms with Crippen molar-refractivity contribution in [3.8, 4) is 0 Å². The second-order valence-electron chi connectivity index (χ2n) is 1.68. The molecule has 0 aliphatic carbocycles. The first-order chi connectivity index (χ1) is 5.41. The minimum Gasteiger partial charge on any atom is -0.211 e. The number of rotatable bonds is 7. The summed E-state index contributed by atoms with van der Waals surface area (Å²) in [5.74, 6) is 0. The molecule has 0 aliphatic rings. The van der Waals surface area contributed by atoms with Gasteiger partial charge in [-0.15, -0.1) is 0 Å². The molecule has 0 rings (SSSR count). The molecule has 0 fully saturated rings. The van der Waals surface area contributed by atoms with E-state index in [4.69, 9.17) is 0 Å². The van der Waals surface area contributed by atoms with E-state index in [1.165, 1.54) is 6.08 Å². The van der Waals surface area contributed by atoms with Crippen LogP contribution in [-0.4, -0.2) is 36.8 Å². The van der Waals surface area contributed by atoms with Crippen LogP contribution in [0.2, 0.25) is 0 Å². The molecule has 72 valence electrons. The SMILES string of the molecule is CCCOOOCCN=C=O.[SiH4]. The van der Waals surface area contributed by atoms with Crippen LogP contribution in [0.4, 0.5) is 0 Å². The fourth-order valence-electron chi connectivity index (χ4n) is 0.314. The molecule has 0 amide bonds. The van der Waals surface area contributed by atoms with Crippen molar-refractivity contribution in [1.29, 1.82) is 0 Å². The van der Waals surface area contributed by atoms with Gasteiger partial charge in [0.1, 0.15) is 6.61 Å². The highest BCUT2D eigenvalue weighted by molar-refractivity contribution is 5.75. The van der Waals surface area contributed by atoms with E-state index in [9.17, 15) is 4.79 Å². The van der Waals surface area contributed by atoms with Gasteiger partial charge >= 0.3 is 0 Å². The monoisotopic (exact) mass is 193 g/mol. The molecule has 0 unspecified atom stereocenters. The smallest absolute Gasteiger partial charge is 0.211 e. The number of nitrogens with zero attached hydrogens (tertiary/aromatic N) is 1. The summed E-state index contributed by atoms with van der Waals surface area (Å²) in [6, 6.07) is 0. The van der Waals surface area contributed by atoms with Crippen LogP contribution in [0.1, 0.15) is 13.3 Å². The first kappa shape index (κ1) is 14.0. The lowest BCUT2D eigenvalue weighted by atomic mass is 10.5. The lowest BCUT2D eigenvalue weighted by Crippen LogP contribution is -2.01. The van der Waals surface area contributed by atoms with Crippen molar-refractivity contribution in [2.24, 2.45) is 4.99 Å². The maximum atomic E-state index is 9.52. The summed E-state index contributed by atoms with van der Waals surface area (Å²) in [6.07, 6.45) is 2.23. The average Bonchev–Trinajstić information content (AvgIpc) is 2.03. The van der Waals surface area contributed by atoms with Crippen LogP contribution in [-0.2, 0) is 19.6 Å². The largest absolute Gasteiger partial charge is 0.235 e. The Balaban J connectivity index is 0. The van der Waals surface area contributed by atoms with E-state index in [2.05, 4.69) is 19.8 Å². The van der Waals surface area contributed by atoms with Gasteiger partial charge in [-0.3, -0.25) is 0 Å². The Hall–Kier alpha value is -0.523. The summed E-state index contributed by atoms with van der Waals surface area (Å²) in [6.45, 7) is 2.86. The number of carbonyl (C=O) groups excluding carboxylic acids is 1. The van der Waals surface area contributed by atoms with Crippen LogP contribution in [0.25, 0.3) is 0 Å². The Morgan fingerprint density at radius 3 is 2.58 bits per heavy atom. The van der Waals surface area contributed by atoms with Crippen LogP contribution in [0.5, 0.6) is 0 Å². The van der Waals surface area contributed by atoms with E-state index in [-0.39, 0.29) is 24.1 Å². The predicted molar refractivity (Wildman–Crippen MR) is 47.6 cm³/mol. The summed E-state index contributed by atoms with van der Waals surface area (Å²) in [7, 11) is 0. The zero-order valence-electron chi connectivity index (χ0n) is 6.41. The molecule has 0 aromatic carbocycles. The maximum Gasteiger partial charge on any atom is 0.235 e. The van der Waals surface area contributed by atoms with Gasteiger partial charge in [0.15, 0.2) is 0 Å². The maximum absolute atomic E-state index is 9.52. The zero-order chi connectivity index (χ0) is 8.36. The molecule has 0 aromatic rings. The fourth-order valence-corrected chi connectivity index (χ4v) is 0.314. The topological polar surface area (TPSA) is 57.1 Å². The Kier molecular flexibility index (Phi) is 15.3. The molecule has 0 radical (unpaired) electrons. The van der Waals surface area contributed by atoms with Crippen LogP contribution < -0.4 is 0 Å². The van der Waals surface area contributed by atoms with Gasteiger partial charge in [-0.25, -0.2) is 19.6 Å². The molecule has 0 heterocycles. The zero-order valence-corrected chi connectivity index (χ0v) is 6.41. The van der Waals surface area contributed by atoms with E-state index in [0.29, 0.717) is 6.61 Å². The van der Waals surface area contributed by atoms with Crippen LogP contribution in [0, 0.1) is 0 Å². The summed E-state index contributed by atoms with van der Waals surface area (Å²) in [5, 5.41) is 4.23. The van der Waals surface area contributed by atoms with E-state index >= 15 is 0 Å². The Bertz CT molecular complexity index is 127. The third kappa shape index (κ3) is 12.2. The minimum atomic E-state index is 0. The number of isocyanates is 1. The van der Waals surface area contributed by atoms with Gasteiger partial charge in [0.2, 0.25) is 6.08 Å².